The van der Waals surface area contributed by atoms with Crippen LogP contribution in [0, 0.1) is 10.1 Å². The molecule has 0 bridgehead atoms. The van der Waals surface area contributed by atoms with E-state index in [2.05, 4.69) is 10.6 Å². The van der Waals surface area contributed by atoms with Gasteiger partial charge in [-0.1, -0.05) is 30.3 Å². The summed E-state index contributed by atoms with van der Waals surface area (Å²) in [6.45, 7) is 5.75. The highest BCUT2D eigenvalue weighted by molar-refractivity contribution is 5.93. The second kappa shape index (κ2) is 7.90. The smallest absolute Gasteiger partial charge is 0.269 e. The molecule has 2 amide bonds. The lowest BCUT2D eigenvalue weighted by molar-refractivity contribution is -0.384. The Labute approximate surface area is 169 Å². The van der Waals surface area contributed by atoms with E-state index in [0.29, 0.717) is 11.3 Å². The number of nitro groups is 1. The first-order valence-corrected chi connectivity index (χ1v) is 9.33. The van der Waals surface area contributed by atoms with Crippen LogP contribution in [-0.4, -0.2) is 33.7 Å². The minimum absolute atomic E-state index is 0.00303. The Bertz CT molecular complexity index is 937. The molecule has 8 heteroatoms. The van der Waals surface area contributed by atoms with Crippen molar-refractivity contribution in [3.63, 3.8) is 0 Å². The van der Waals surface area contributed by atoms with Gasteiger partial charge in [-0.3, -0.25) is 19.7 Å². The molecule has 0 aliphatic carbocycles. The second-order valence-corrected chi connectivity index (χ2v) is 8.03. The van der Waals surface area contributed by atoms with Gasteiger partial charge in [-0.05, 0) is 32.4 Å². The molecular weight excluding hydrogens is 372 g/mol. The average Bonchev–Trinajstić information content (AvgIpc) is 2.78. The molecule has 29 heavy (non-hydrogen) atoms. The predicted molar refractivity (Wildman–Crippen MR) is 109 cm³/mol. The third kappa shape index (κ3) is 4.71. The highest BCUT2D eigenvalue weighted by Gasteiger charge is 2.37. The van der Waals surface area contributed by atoms with Gasteiger partial charge in [-0.2, -0.15) is 0 Å². The van der Waals surface area contributed by atoms with Crippen LogP contribution in [0.5, 0.6) is 0 Å². The zero-order chi connectivity index (χ0) is 21.2. The number of nitrogens with one attached hydrogen (secondary N) is 2. The van der Waals surface area contributed by atoms with Gasteiger partial charge in [0.05, 0.1) is 11.5 Å². The van der Waals surface area contributed by atoms with Crippen LogP contribution in [0.25, 0.3) is 0 Å². The van der Waals surface area contributed by atoms with E-state index in [0.717, 1.165) is 5.56 Å². The van der Waals surface area contributed by atoms with Gasteiger partial charge in [-0.25, -0.2) is 0 Å². The molecule has 2 N–H and O–H groups in total. The predicted octanol–water partition coefficient (Wildman–Crippen LogP) is 3.00. The number of non-ortho nitro benzene ring substituents is 1. The maximum atomic E-state index is 13.3. The standard InChI is InChI=1S/C21H24N4O4/c1-21(2,3)23-20(27)19-16-11-15(25(28)29)9-10-17(16)22-12-18(26)24(19)13-14-7-5-4-6-8-14/h4-11,19,22H,12-13H2,1-3H3,(H,23,27). The summed E-state index contributed by atoms with van der Waals surface area (Å²) >= 11 is 0. The molecule has 2 aromatic rings. The third-order valence-electron chi connectivity index (χ3n) is 4.54. The monoisotopic (exact) mass is 396 g/mol. The summed E-state index contributed by atoms with van der Waals surface area (Å²) in [6, 6.07) is 12.6. The Morgan fingerprint density at radius 1 is 1.24 bits per heavy atom. The van der Waals surface area contributed by atoms with Crippen LogP contribution in [0.3, 0.4) is 0 Å². The molecular formula is C21H24N4O4. The minimum Gasteiger partial charge on any atom is -0.376 e. The number of hydrogen-bond acceptors (Lipinski definition) is 5. The highest BCUT2D eigenvalue weighted by atomic mass is 16.6. The van der Waals surface area contributed by atoms with Crippen LogP contribution in [0.1, 0.15) is 37.9 Å². The van der Waals surface area contributed by atoms with Crippen molar-refractivity contribution in [1.82, 2.24) is 10.2 Å². The summed E-state index contributed by atoms with van der Waals surface area (Å²) < 4.78 is 0. The van der Waals surface area contributed by atoms with E-state index in [1.165, 1.54) is 17.0 Å². The lowest BCUT2D eigenvalue weighted by atomic mass is 9.99. The van der Waals surface area contributed by atoms with Gasteiger partial charge < -0.3 is 15.5 Å². The summed E-state index contributed by atoms with van der Waals surface area (Å²) in [4.78, 5) is 38.5. The Kier molecular flexibility index (Phi) is 5.54. The lowest BCUT2D eigenvalue weighted by Gasteiger charge is -2.32. The molecule has 0 spiro atoms. The Morgan fingerprint density at radius 2 is 1.93 bits per heavy atom. The molecule has 0 aromatic heterocycles. The largest absolute Gasteiger partial charge is 0.376 e. The zero-order valence-electron chi connectivity index (χ0n) is 16.6. The Balaban J connectivity index is 2.11. The van der Waals surface area contributed by atoms with Gasteiger partial charge in [0.15, 0.2) is 0 Å². The van der Waals surface area contributed by atoms with Crippen molar-refractivity contribution in [1.29, 1.82) is 0 Å². The number of nitro benzene ring substituents is 1. The maximum Gasteiger partial charge on any atom is 0.269 e. The normalized spacial score (nSPS) is 16.4. The van der Waals surface area contributed by atoms with Crippen LogP contribution in [0.4, 0.5) is 11.4 Å². The highest BCUT2D eigenvalue weighted by Crippen LogP contribution is 2.35. The SMILES string of the molecule is CC(C)(C)NC(=O)C1c2cc([N+](=O)[O-])ccc2NCC(=O)N1Cc1ccccc1. The molecule has 0 radical (unpaired) electrons. The topological polar surface area (TPSA) is 105 Å². The fraction of sp³-hybridized carbons (Fsp3) is 0.333. The number of anilines is 1. The van der Waals surface area contributed by atoms with E-state index >= 15 is 0 Å². The van der Waals surface area contributed by atoms with Crippen molar-refractivity contribution in [3.05, 3.63) is 69.8 Å². The molecule has 3 rings (SSSR count). The summed E-state index contributed by atoms with van der Waals surface area (Å²) in [5, 5.41) is 17.2. The first kappa shape index (κ1) is 20.3. The molecule has 8 nitrogen and oxygen atoms in total. The number of nitrogens with zero attached hydrogens (tertiary/aromatic N) is 2. The van der Waals surface area contributed by atoms with Crippen molar-refractivity contribution in [3.8, 4) is 0 Å². The number of benzene rings is 2. The quantitative estimate of drug-likeness (QED) is 0.611. The molecule has 0 saturated heterocycles. The maximum absolute atomic E-state index is 13.3. The third-order valence-corrected chi connectivity index (χ3v) is 4.54. The lowest BCUT2D eigenvalue weighted by Crippen LogP contribution is -2.49. The van der Waals surface area contributed by atoms with Gasteiger partial charge >= 0.3 is 0 Å². The van der Waals surface area contributed by atoms with Crippen LogP contribution >= 0.6 is 0 Å². The van der Waals surface area contributed by atoms with E-state index in [-0.39, 0.29) is 30.6 Å². The first-order chi connectivity index (χ1) is 13.7. The fourth-order valence-corrected chi connectivity index (χ4v) is 3.32. The second-order valence-electron chi connectivity index (χ2n) is 8.03. The number of fused-ring (bicyclic) bond motifs is 1. The average molecular weight is 396 g/mol. The summed E-state index contributed by atoms with van der Waals surface area (Å²) in [6.07, 6.45) is 0. The van der Waals surface area contributed by atoms with Crippen molar-refractivity contribution in [2.45, 2.75) is 38.9 Å². The van der Waals surface area contributed by atoms with Gasteiger partial charge in [0.25, 0.3) is 5.69 Å². The number of rotatable bonds is 4. The van der Waals surface area contributed by atoms with Crippen molar-refractivity contribution < 1.29 is 14.5 Å². The van der Waals surface area contributed by atoms with Crippen molar-refractivity contribution >= 4 is 23.2 Å². The van der Waals surface area contributed by atoms with Crippen LogP contribution in [-0.2, 0) is 16.1 Å². The van der Waals surface area contributed by atoms with Crippen molar-refractivity contribution in [2.75, 3.05) is 11.9 Å². The molecule has 152 valence electrons. The molecule has 0 saturated carbocycles. The van der Waals surface area contributed by atoms with Gasteiger partial charge in [0.1, 0.15) is 6.04 Å². The first-order valence-electron chi connectivity index (χ1n) is 9.33. The van der Waals surface area contributed by atoms with Crippen LogP contribution in [0.2, 0.25) is 0 Å². The Hall–Kier alpha value is -3.42. The van der Waals surface area contributed by atoms with E-state index in [1.54, 1.807) is 6.07 Å². The van der Waals surface area contributed by atoms with E-state index < -0.39 is 16.5 Å². The van der Waals surface area contributed by atoms with Gasteiger partial charge in [-0.15, -0.1) is 0 Å². The molecule has 1 aliphatic rings. The fourth-order valence-electron chi connectivity index (χ4n) is 3.32. The van der Waals surface area contributed by atoms with Gasteiger partial charge in [0, 0.05) is 35.5 Å². The molecule has 2 aromatic carbocycles. The van der Waals surface area contributed by atoms with Gasteiger partial charge in [0.2, 0.25) is 11.8 Å². The molecule has 0 fully saturated rings. The van der Waals surface area contributed by atoms with E-state index in [9.17, 15) is 19.7 Å². The minimum atomic E-state index is -0.994. The molecule has 1 unspecified atom stereocenters. The van der Waals surface area contributed by atoms with E-state index in [1.807, 2.05) is 51.1 Å². The Morgan fingerprint density at radius 3 is 2.55 bits per heavy atom. The molecule has 1 aliphatic heterocycles. The summed E-state index contributed by atoms with van der Waals surface area (Å²) in [7, 11) is 0. The van der Waals surface area contributed by atoms with Crippen LogP contribution in [0.15, 0.2) is 48.5 Å². The molecule has 1 atom stereocenters. The molecule has 1 heterocycles. The zero-order valence-corrected chi connectivity index (χ0v) is 16.6. The van der Waals surface area contributed by atoms with Crippen molar-refractivity contribution in [2.24, 2.45) is 0 Å². The number of hydrogen-bond donors (Lipinski definition) is 2. The summed E-state index contributed by atoms with van der Waals surface area (Å²) in [5.41, 5.74) is 1.15. The number of carbonyl (C=O) groups excluding carboxylic acids is 2. The van der Waals surface area contributed by atoms with E-state index in [4.69, 9.17) is 0 Å². The van der Waals surface area contributed by atoms with Crippen LogP contribution < -0.4 is 10.6 Å². The number of amides is 2. The summed E-state index contributed by atoms with van der Waals surface area (Å²) in [5.74, 6) is -0.644. The number of carbonyl (C=O) groups is 2.